The van der Waals surface area contributed by atoms with Crippen molar-refractivity contribution in [3.63, 3.8) is 0 Å². The highest BCUT2D eigenvalue weighted by atomic mass is 16.3. The Morgan fingerprint density at radius 3 is 2.67 bits per heavy atom. The van der Waals surface area contributed by atoms with Crippen LogP contribution >= 0.6 is 0 Å². The van der Waals surface area contributed by atoms with E-state index in [2.05, 4.69) is 35.4 Å². The quantitative estimate of drug-likeness (QED) is 0.734. The van der Waals surface area contributed by atoms with Crippen LogP contribution in [0.2, 0.25) is 0 Å². The largest absolute Gasteiger partial charge is 0.396 e. The van der Waals surface area contributed by atoms with Crippen molar-refractivity contribution in [1.82, 2.24) is 10.2 Å². The van der Waals surface area contributed by atoms with Crippen LogP contribution in [0.5, 0.6) is 0 Å². The van der Waals surface area contributed by atoms with Gasteiger partial charge in [-0.1, -0.05) is 24.3 Å². The molecule has 0 bridgehead atoms. The van der Waals surface area contributed by atoms with Crippen LogP contribution in [0, 0.1) is 0 Å². The van der Waals surface area contributed by atoms with Crippen molar-refractivity contribution in [1.29, 1.82) is 0 Å². The Hall–Kier alpha value is -2.21. The molecule has 5 heteroatoms. The molecule has 1 aliphatic heterocycles. The molecule has 0 spiro atoms. The number of amides is 1. The molecule has 2 aromatic carbocycles. The molecule has 1 amide bonds. The summed E-state index contributed by atoms with van der Waals surface area (Å²) in [7, 11) is 0. The predicted molar refractivity (Wildman–Crippen MR) is 109 cm³/mol. The van der Waals surface area contributed by atoms with Gasteiger partial charge in [0.25, 0.3) is 5.91 Å². The molecule has 0 aromatic heterocycles. The molecule has 144 valence electrons. The highest BCUT2D eigenvalue weighted by Crippen LogP contribution is 2.20. The summed E-state index contributed by atoms with van der Waals surface area (Å²) >= 11 is 0. The molecule has 27 heavy (non-hydrogen) atoms. The summed E-state index contributed by atoms with van der Waals surface area (Å²) in [6, 6.07) is 15.5. The van der Waals surface area contributed by atoms with E-state index in [0.29, 0.717) is 12.0 Å². The van der Waals surface area contributed by atoms with Crippen LogP contribution < -0.4 is 10.6 Å². The van der Waals surface area contributed by atoms with E-state index in [0.717, 1.165) is 43.0 Å². The number of carbonyl (C=O) groups is 1. The number of hydrogen-bond donors (Lipinski definition) is 3. The minimum atomic E-state index is -0.105. The maximum Gasteiger partial charge on any atom is 0.255 e. The Bertz CT molecular complexity index is 771. The summed E-state index contributed by atoms with van der Waals surface area (Å²) in [5.41, 5.74) is 3.73. The average Bonchev–Trinajstić information content (AvgIpc) is 2.65. The third kappa shape index (κ3) is 5.16. The van der Waals surface area contributed by atoms with Gasteiger partial charge in [-0.05, 0) is 55.7 Å². The Morgan fingerprint density at radius 2 is 1.96 bits per heavy atom. The third-order valence-electron chi connectivity index (χ3n) is 5.15. The first-order chi connectivity index (χ1) is 13.0. The second-order valence-corrected chi connectivity index (χ2v) is 7.74. The number of piperazine rings is 1. The van der Waals surface area contributed by atoms with E-state index >= 15 is 0 Å². The lowest BCUT2D eigenvalue weighted by Gasteiger charge is -2.43. The molecule has 1 saturated heterocycles. The number of anilines is 1. The van der Waals surface area contributed by atoms with Crippen molar-refractivity contribution in [3.8, 4) is 0 Å². The fourth-order valence-electron chi connectivity index (χ4n) is 3.43. The minimum absolute atomic E-state index is 0.104. The number of rotatable bonds is 6. The zero-order chi connectivity index (χ0) is 19.3. The summed E-state index contributed by atoms with van der Waals surface area (Å²) in [6.07, 6.45) is 0.624. The fourth-order valence-corrected chi connectivity index (χ4v) is 3.43. The lowest BCUT2D eigenvalue weighted by Crippen LogP contribution is -2.57. The van der Waals surface area contributed by atoms with Crippen LogP contribution in [0.3, 0.4) is 0 Å². The molecule has 0 saturated carbocycles. The Morgan fingerprint density at radius 1 is 1.19 bits per heavy atom. The Labute approximate surface area is 161 Å². The molecule has 0 radical (unpaired) electrons. The van der Waals surface area contributed by atoms with Crippen LogP contribution in [0.1, 0.15) is 35.3 Å². The number of nitrogens with zero attached hydrogens (tertiary/aromatic N) is 1. The SMILES string of the molecule is CC1(C)CNCCN1Cc1cccc(C(=O)Nc2ccc(CCO)cc2)c1. The average molecular weight is 367 g/mol. The van der Waals surface area contributed by atoms with Gasteiger partial charge < -0.3 is 15.7 Å². The highest BCUT2D eigenvalue weighted by molar-refractivity contribution is 6.04. The number of benzene rings is 2. The second-order valence-electron chi connectivity index (χ2n) is 7.74. The van der Waals surface area contributed by atoms with Gasteiger partial charge in [0.2, 0.25) is 0 Å². The Kier molecular flexibility index (Phi) is 6.26. The predicted octanol–water partition coefficient (Wildman–Crippen LogP) is 2.66. The summed E-state index contributed by atoms with van der Waals surface area (Å²) in [5, 5.41) is 15.4. The van der Waals surface area contributed by atoms with Crippen molar-refractivity contribution in [2.24, 2.45) is 0 Å². The maximum absolute atomic E-state index is 12.6. The van der Waals surface area contributed by atoms with E-state index in [1.54, 1.807) is 0 Å². The van der Waals surface area contributed by atoms with Crippen LogP contribution in [-0.2, 0) is 13.0 Å². The standard InChI is InChI=1S/C22H29N3O2/c1-22(2)16-23-11-12-25(22)15-18-4-3-5-19(14-18)21(27)24-20-8-6-17(7-9-20)10-13-26/h3-9,14,23,26H,10-13,15-16H2,1-2H3,(H,24,27). The highest BCUT2D eigenvalue weighted by Gasteiger charge is 2.29. The van der Waals surface area contributed by atoms with E-state index in [1.807, 2.05) is 42.5 Å². The maximum atomic E-state index is 12.6. The van der Waals surface area contributed by atoms with E-state index in [9.17, 15) is 4.79 Å². The minimum Gasteiger partial charge on any atom is -0.396 e. The third-order valence-corrected chi connectivity index (χ3v) is 5.15. The Balaban J connectivity index is 1.66. The van der Waals surface area contributed by atoms with E-state index in [4.69, 9.17) is 5.11 Å². The van der Waals surface area contributed by atoms with Crippen molar-refractivity contribution in [3.05, 3.63) is 65.2 Å². The first-order valence-electron chi connectivity index (χ1n) is 9.54. The van der Waals surface area contributed by atoms with Crippen molar-refractivity contribution in [2.45, 2.75) is 32.4 Å². The van der Waals surface area contributed by atoms with Crippen LogP contribution in [-0.4, -0.2) is 47.7 Å². The van der Waals surface area contributed by atoms with Gasteiger partial charge in [0.15, 0.2) is 0 Å². The fraction of sp³-hybridized carbons (Fsp3) is 0.409. The van der Waals surface area contributed by atoms with E-state index in [-0.39, 0.29) is 18.1 Å². The molecule has 0 unspecified atom stereocenters. The molecule has 2 aromatic rings. The summed E-state index contributed by atoms with van der Waals surface area (Å²) in [6.45, 7) is 8.43. The number of aliphatic hydroxyl groups excluding tert-OH is 1. The van der Waals surface area contributed by atoms with Gasteiger partial charge in [0.05, 0.1) is 0 Å². The normalized spacial score (nSPS) is 16.9. The molecule has 0 atom stereocenters. The van der Waals surface area contributed by atoms with E-state index in [1.165, 1.54) is 0 Å². The van der Waals surface area contributed by atoms with Gasteiger partial charge in [0.1, 0.15) is 0 Å². The second kappa shape index (κ2) is 8.65. The molecule has 5 nitrogen and oxygen atoms in total. The number of carbonyl (C=O) groups excluding carboxylic acids is 1. The van der Waals surface area contributed by atoms with Gasteiger partial charge in [-0.15, -0.1) is 0 Å². The van der Waals surface area contributed by atoms with Crippen LogP contribution in [0.15, 0.2) is 48.5 Å². The molecule has 0 aliphatic carbocycles. The monoisotopic (exact) mass is 367 g/mol. The van der Waals surface area contributed by atoms with Gasteiger partial charge in [0, 0.05) is 49.6 Å². The molecule has 1 heterocycles. The van der Waals surface area contributed by atoms with E-state index < -0.39 is 0 Å². The molecule has 1 aliphatic rings. The van der Waals surface area contributed by atoms with Crippen molar-refractivity contribution >= 4 is 11.6 Å². The molecule has 3 N–H and O–H groups in total. The number of nitrogens with one attached hydrogen (secondary N) is 2. The molecule has 3 rings (SSSR count). The topological polar surface area (TPSA) is 64.6 Å². The first kappa shape index (κ1) is 19.5. The van der Waals surface area contributed by atoms with Crippen molar-refractivity contribution in [2.75, 3.05) is 31.6 Å². The van der Waals surface area contributed by atoms with Gasteiger partial charge in [-0.25, -0.2) is 0 Å². The zero-order valence-electron chi connectivity index (χ0n) is 16.2. The summed E-state index contributed by atoms with van der Waals surface area (Å²) in [4.78, 5) is 15.1. The zero-order valence-corrected chi connectivity index (χ0v) is 16.2. The van der Waals surface area contributed by atoms with Gasteiger partial charge in [-0.3, -0.25) is 9.69 Å². The first-order valence-corrected chi connectivity index (χ1v) is 9.54. The lowest BCUT2D eigenvalue weighted by atomic mass is 9.98. The lowest BCUT2D eigenvalue weighted by molar-refractivity contribution is 0.0827. The molecule has 1 fully saturated rings. The van der Waals surface area contributed by atoms with Gasteiger partial charge >= 0.3 is 0 Å². The van der Waals surface area contributed by atoms with Crippen molar-refractivity contribution < 1.29 is 9.90 Å². The smallest absolute Gasteiger partial charge is 0.255 e. The molecular formula is C22H29N3O2. The molecular weight excluding hydrogens is 338 g/mol. The van der Waals surface area contributed by atoms with Crippen LogP contribution in [0.4, 0.5) is 5.69 Å². The number of aliphatic hydroxyl groups is 1. The number of hydrogen-bond acceptors (Lipinski definition) is 4. The van der Waals surface area contributed by atoms with Gasteiger partial charge in [-0.2, -0.15) is 0 Å². The summed E-state index contributed by atoms with van der Waals surface area (Å²) in [5.74, 6) is -0.105. The summed E-state index contributed by atoms with van der Waals surface area (Å²) < 4.78 is 0. The van der Waals surface area contributed by atoms with Crippen LogP contribution in [0.25, 0.3) is 0 Å².